The third-order valence-electron chi connectivity index (χ3n) is 3.76. The van der Waals surface area contributed by atoms with Gasteiger partial charge in [0.25, 0.3) is 5.91 Å². The zero-order valence-electron chi connectivity index (χ0n) is 11.2. The Hall–Kier alpha value is 0.190. The minimum atomic E-state index is 0.0999. The smallest absolute Gasteiger partial charge is 0.255 e. The van der Waals surface area contributed by atoms with E-state index in [0.717, 1.165) is 26.4 Å². The summed E-state index contributed by atoms with van der Waals surface area (Å²) in [5.74, 6) is 0.590. The van der Waals surface area contributed by atoms with Crippen LogP contribution in [-0.2, 0) is 0 Å². The van der Waals surface area contributed by atoms with Crippen LogP contribution >= 0.6 is 50.1 Å². The molecule has 0 aromatic heterocycles. The van der Waals surface area contributed by atoms with Crippen molar-refractivity contribution in [3.8, 4) is 0 Å². The molecule has 0 N–H and O–H groups in total. The van der Waals surface area contributed by atoms with Gasteiger partial charge in [0, 0.05) is 26.5 Å². The minimum absolute atomic E-state index is 0.0999. The highest BCUT2D eigenvalue weighted by Gasteiger charge is 2.26. The summed E-state index contributed by atoms with van der Waals surface area (Å²) in [5, 5.41) is 0. The second-order valence-electron chi connectivity index (χ2n) is 5.10. The highest BCUT2D eigenvalue weighted by molar-refractivity contribution is 14.1. The molecule has 1 aliphatic carbocycles. The molecule has 5 heteroatoms. The van der Waals surface area contributed by atoms with Crippen LogP contribution in [0, 0.1) is 3.57 Å². The number of alkyl halides is 1. The Balaban J connectivity index is 2.23. The minimum Gasteiger partial charge on any atom is -0.334 e. The van der Waals surface area contributed by atoms with E-state index < -0.39 is 0 Å². The first-order valence-electron chi connectivity index (χ1n) is 6.95. The van der Waals surface area contributed by atoms with Crippen LogP contribution in [0.2, 0.25) is 0 Å². The lowest BCUT2D eigenvalue weighted by Gasteiger charge is -2.34. The van der Waals surface area contributed by atoms with Gasteiger partial charge in [0.2, 0.25) is 0 Å². The number of nitrogens with zero attached hydrogens (tertiary/aromatic N) is 1. The summed E-state index contributed by atoms with van der Waals surface area (Å²) in [6.07, 6.45) is 5.91. The molecule has 0 bridgehead atoms. The first-order chi connectivity index (χ1) is 9.63. The summed E-state index contributed by atoms with van der Waals surface area (Å²) in [4.78, 5) is 14.8. The zero-order valence-corrected chi connectivity index (χ0v) is 15.7. The lowest BCUT2D eigenvalue weighted by atomic mass is 9.93. The number of halogens is 3. The average molecular weight is 471 g/mol. The van der Waals surface area contributed by atoms with Gasteiger partial charge in [-0.15, -0.1) is 11.6 Å². The highest BCUT2D eigenvalue weighted by Crippen LogP contribution is 2.27. The molecule has 0 aliphatic heterocycles. The van der Waals surface area contributed by atoms with E-state index in [1.54, 1.807) is 0 Å². The highest BCUT2D eigenvalue weighted by atomic mass is 127. The van der Waals surface area contributed by atoms with Gasteiger partial charge in [-0.3, -0.25) is 4.79 Å². The van der Waals surface area contributed by atoms with Gasteiger partial charge in [-0.2, -0.15) is 0 Å². The Labute approximate surface area is 147 Å². The predicted molar refractivity (Wildman–Crippen MR) is 95.5 cm³/mol. The Morgan fingerprint density at radius 1 is 1.35 bits per heavy atom. The fourth-order valence-corrected chi connectivity index (χ4v) is 3.84. The lowest BCUT2D eigenvalue weighted by molar-refractivity contribution is 0.0648. The molecule has 0 saturated heterocycles. The Bertz CT molecular complexity index is 477. The van der Waals surface area contributed by atoms with Crippen LogP contribution in [0.1, 0.15) is 42.5 Å². The molecule has 1 aromatic rings. The Morgan fingerprint density at radius 3 is 2.70 bits per heavy atom. The maximum absolute atomic E-state index is 12.8. The number of hydrogen-bond acceptors (Lipinski definition) is 1. The number of amides is 1. The molecule has 1 aromatic carbocycles. The van der Waals surface area contributed by atoms with Crippen LogP contribution in [0.5, 0.6) is 0 Å². The summed E-state index contributed by atoms with van der Waals surface area (Å²) in [6.45, 7) is 0.628. The largest absolute Gasteiger partial charge is 0.334 e. The van der Waals surface area contributed by atoms with Gasteiger partial charge in [0.15, 0.2) is 0 Å². The Morgan fingerprint density at radius 2 is 2.05 bits per heavy atom. The zero-order chi connectivity index (χ0) is 14.5. The monoisotopic (exact) mass is 469 g/mol. The summed E-state index contributed by atoms with van der Waals surface area (Å²) >= 11 is 11.6. The van der Waals surface area contributed by atoms with Gasteiger partial charge in [-0.05, 0) is 69.6 Å². The van der Waals surface area contributed by atoms with E-state index in [4.69, 9.17) is 11.6 Å². The molecule has 1 aliphatic rings. The van der Waals surface area contributed by atoms with Crippen molar-refractivity contribution < 1.29 is 4.79 Å². The van der Waals surface area contributed by atoms with Crippen LogP contribution < -0.4 is 0 Å². The fourth-order valence-electron chi connectivity index (χ4n) is 2.75. The standard InChI is InChI=1S/C15H18BrClINO/c16-14-7-6-11(18)10-13(14)15(20)19(9-8-17)12-4-2-1-3-5-12/h6-7,10,12H,1-5,8-9H2. The number of carbonyl (C=O) groups excluding carboxylic acids is 1. The van der Waals surface area contributed by atoms with Crippen LogP contribution in [0.25, 0.3) is 0 Å². The summed E-state index contributed by atoms with van der Waals surface area (Å²) < 4.78 is 1.93. The molecule has 2 nitrogen and oxygen atoms in total. The maximum atomic E-state index is 12.8. The number of carbonyl (C=O) groups is 1. The van der Waals surface area contributed by atoms with Crippen molar-refractivity contribution in [1.29, 1.82) is 0 Å². The van der Waals surface area contributed by atoms with Crippen LogP contribution in [0.3, 0.4) is 0 Å². The molecule has 20 heavy (non-hydrogen) atoms. The van der Waals surface area contributed by atoms with E-state index in [1.807, 2.05) is 23.1 Å². The first kappa shape index (κ1) is 16.6. The molecular weight excluding hydrogens is 452 g/mol. The maximum Gasteiger partial charge on any atom is 0.255 e. The normalized spacial score (nSPS) is 16.1. The summed E-state index contributed by atoms with van der Waals surface area (Å²) in [5.41, 5.74) is 0.743. The van der Waals surface area contributed by atoms with Crippen LogP contribution in [0.15, 0.2) is 22.7 Å². The van der Waals surface area contributed by atoms with Crippen molar-refractivity contribution in [2.24, 2.45) is 0 Å². The molecule has 0 radical (unpaired) electrons. The van der Waals surface area contributed by atoms with Crippen LogP contribution in [-0.4, -0.2) is 29.3 Å². The summed E-state index contributed by atoms with van der Waals surface area (Å²) in [6, 6.07) is 6.22. The number of hydrogen-bond donors (Lipinski definition) is 0. The topological polar surface area (TPSA) is 20.3 Å². The van der Waals surface area contributed by atoms with Crippen molar-refractivity contribution >= 4 is 56.0 Å². The molecule has 0 atom stereocenters. The van der Waals surface area contributed by atoms with Gasteiger partial charge in [-0.25, -0.2) is 0 Å². The van der Waals surface area contributed by atoms with E-state index in [2.05, 4.69) is 38.5 Å². The third-order valence-corrected chi connectivity index (χ3v) is 5.29. The van der Waals surface area contributed by atoms with Crippen molar-refractivity contribution in [3.05, 3.63) is 31.8 Å². The van der Waals surface area contributed by atoms with E-state index in [0.29, 0.717) is 18.5 Å². The van der Waals surface area contributed by atoms with Gasteiger partial charge in [-0.1, -0.05) is 19.3 Å². The first-order valence-corrected chi connectivity index (χ1v) is 9.36. The predicted octanol–water partition coefficient (Wildman–Crippen LogP) is 5.07. The molecule has 0 spiro atoms. The van der Waals surface area contributed by atoms with E-state index in [9.17, 15) is 4.79 Å². The van der Waals surface area contributed by atoms with Crippen LogP contribution in [0.4, 0.5) is 0 Å². The van der Waals surface area contributed by atoms with E-state index in [1.165, 1.54) is 19.3 Å². The molecule has 1 saturated carbocycles. The molecule has 0 unspecified atom stereocenters. The van der Waals surface area contributed by atoms with Gasteiger partial charge >= 0.3 is 0 Å². The number of rotatable bonds is 4. The molecule has 110 valence electrons. The van der Waals surface area contributed by atoms with Crippen molar-refractivity contribution in [1.82, 2.24) is 4.90 Å². The van der Waals surface area contributed by atoms with Gasteiger partial charge in [0.1, 0.15) is 0 Å². The molecule has 1 fully saturated rings. The fraction of sp³-hybridized carbons (Fsp3) is 0.533. The van der Waals surface area contributed by atoms with Crippen molar-refractivity contribution in [2.45, 2.75) is 38.1 Å². The molecule has 0 heterocycles. The SMILES string of the molecule is O=C(c1cc(I)ccc1Br)N(CCCl)C1CCCCC1. The van der Waals surface area contributed by atoms with E-state index in [-0.39, 0.29) is 5.91 Å². The molecular formula is C15H18BrClINO. The van der Waals surface area contributed by atoms with Crippen molar-refractivity contribution in [3.63, 3.8) is 0 Å². The molecule has 2 rings (SSSR count). The Kier molecular flexibility index (Phi) is 6.62. The van der Waals surface area contributed by atoms with E-state index >= 15 is 0 Å². The lowest BCUT2D eigenvalue weighted by Crippen LogP contribution is -2.42. The second kappa shape index (κ2) is 7.99. The number of benzene rings is 1. The molecule has 1 amide bonds. The quantitative estimate of drug-likeness (QED) is 0.445. The van der Waals surface area contributed by atoms with Crippen molar-refractivity contribution in [2.75, 3.05) is 12.4 Å². The van der Waals surface area contributed by atoms with Gasteiger partial charge < -0.3 is 4.90 Å². The average Bonchev–Trinajstić information content (AvgIpc) is 2.47. The summed E-state index contributed by atoms with van der Waals surface area (Å²) in [7, 11) is 0. The third kappa shape index (κ3) is 4.10. The second-order valence-corrected chi connectivity index (χ2v) is 7.58. The van der Waals surface area contributed by atoms with Gasteiger partial charge in [0.05, 0.1) is 5.56 Å².